The maximum Gasteiger partial charge on any atom is 0.0713 e. The van der Waals surface area contributed by atoms with E-state index in [4.69, 9.17) is 0 Å². The van der Waals surface area contributed by atoms with E-state index in [0.717, 1.165) is 22.7 Å². The maximum absolute atomic E-state index is 2.46. The molecule has 0 atom stereocenters. The van der Waals surface area contributed by atoms with Gasteiger partial charge in [-0.2, -0.15) is 0 Å². The Kier molecular flexibility index (Phi) is 7.75. The van der Waals surface area contributed by atoms with Crippen LogP contribution in [0.5, 0.6) is 0 Å². The number of benzene rings is 9. The minimum absolute atomic E-state index is 0.452. The number of aromatic nitrogens is 1. The van der Waals surface area contributed by atoms with Gasteiger partial charge in [0.25, 0.3) is 0 Å². The van der Waals surface area contributed by atoms with Crippen LogP contribution in [-0.2, 0) is 5.41 Å². The van der Waals surface area contributed by atoms with Crippen LogP contribution in [0, 0.1) is 0 Å². The van der Waals surface area contributed by atoms with Crippen LogP contribution >= 0.6 is 0 Å². The quantitative estimate of drug-likeness (QED) is 0.159. The van der Waals surface area contributed by atoms with Crippen LogP contribution < -0.4 is 4.90 Å². The average Bonchev–Trinajstić information content (AvgIpc) is 3.78. The summed E-state index contributed by atoms with van der Waals surface area (Å²) < 4.78 is 2.42. The third kappa shape index (κ3) is 5.18. The van der Waals surface area contributed by atoms with E-state index in [-0.39, 0.29) is 0 Å². The molecule has 0 bridgehead atoms. The molecule has 268 valence electrons. The fourth-order valence-electron chi connectivity index (χ4n) is 9.43. The van der Waals surface area contributed by atoms with E-state index in [9.17, 15) is 0 Å². The Morgan fingerprint density at radius 1 is 0.333 bits per heavy atom. The smallest absolute Gasteiger partial charge is 0.0713 e. The topological polar surface area (TPSA) is 8.17 Å². The monoisotopic (exact) mass is 726 g/mol. The van der Waals surface area contributed by atoms with Gasteiger partial charge in [-0.3, -0.25) is 0 Å². The lowest BCUT2D eigenvalue weighted by Crippen LogP contribution is -2.28. The summed E-state index contributed by atoms with van der Waals surface area (Å²) in [5.74, 6) is 0. The highest BCUT2D eigenvalue weighted by atomic mass is 15.1. The highest BCUT2D eigenvalue weighted by Gasteiger charge is 2.46. The van der Waals surface area contributed by atoms with Gasteiger partial charge in [-0.25, -0.2) is 0 Å². The Balaban J connectivity index is 1.07. The van der Waals surface area contributed by atoms with Gasteiger partial charge in [0, 0.05) is 33.5 Å². The summed E-state index contributed by atoms with van der Waals surface area (Å²) in [5.41, 5.74) is 16.6. The van der Waals surface area contributed by atoms with Gasteiger partial charge in [0.2, 0.25) is 0 Å². The van der Waals surface area contributed by atoms with Crippen molar-refractivity contribution in [2.75, 3.05) is 4.90 Å². The normalized spacial score (nSPS) is 12.7. The molecule has 0 N–H and O–H groups in total. The SMILES string of the molecule is c1ccc(-c2cccc(N(c3ccccc3)c3ccc(-n4c5ccccc5c5cc(C6(c7ccccc7)c7ccccc7-c7ccccc76)ccc54)cc3)c2)cc1. The van der Waals surface area contributed by atoms with E-state index >= 15 is 0 Å². The van der Waals surface area contributed by atoms with Gasteiger partial charge < -0.3 is 9.47 Å². The summed E-state index contributed by atoms with van der Waals surface area (Å²) in [6.07, 6.45) is 0. The van der Waals surface area contributed by atoms with Crippen LogP contribution in [0.15, 0.2) is 231 Å². The standard InChI is InChI=1S/C55H38N2/c1-4-17-39(18-5-1)40-19-16-24-46(37-40)56(43-22-8-3-9-23-43)44-32-34-45(35-33-44)57-53-30-15-12-27-49(53)50-38-42(31-36-54(50)57)55(41-20-6-2-7-21-41)51-28-13-10-25-47(51)48-26-11-14-29-52(48)55/h1-38H. The number of anilines is 3. The molecule has 1 aromatic heterocycles. The second-order valence-electron chi connectivity index (χ2n) is 14.9. The van der Waals surface area contributed by atoms with Gasteiger partial charge in [0.15, 0.2) is 0 Å². The molecule has 0 aliphatic heterocycles. The Morgan fingerprint density at radius 2 is 0.877 bits per heavy atom. The van der Waals surface area contributed by atoms with Crippen molar-refractivity contribution in [3.63, 3.8) is 0 Å². The summed E-state index contributed by atoms with van der Waals surface area (Å²) in [6, 6.07) is 84.1. The van der Waals surface area contributed by atoms with Gasteiger partial charge in [-0.15, -0.1) is 0 Å². The van der Waals surface area contributed by atoms with Crippen LogP contribution in [0.1, 0.15) is 22.3 Å². The van der Waals surface area contributed by atoms with Gasteiger partial charge >= 0.3 is 0 Å². The molecular weight excluding hydrogens is 689 g/mol. The predicted molar refractivity (Wildman–Crippen MR) is 238 cm³/mol. The molecule has 9 aromatic carbocycles. The molecule has 2 nitrogen and oxygen atoms in total. The molecule has 10 aromatic rings. The Hall–Kier alpha value is -7.42. The van der Waals surface area contributed by atoms with Crippen LogP contribution in [-0.4, -0.2) is 4.57 Å². The van der Waals surface area contributed by atoms with Crippen molar-refractivity contribution < 1.29 is 0 Å². The second-order valence-corrected chi connectivity index (χ2v) is 14.9. The molecule has 0 saturated carbocycles. The zero-order valence-corrected chi connectivity index (χ0v) is 31.3. The average molecular weight is 727 g/mol. The number of nitrogens with zero attached hydrogens (tertiary/aromatic N) is 2. The van der Waals surface area contributed by atoms with Crippen molar-refractivity contribution in [3.05, 3.63) is 253 Å². The Labute approximate surface area is 333 Å². The maximum atomic E-state index is 2.46. The lowest BCUT2D eigenvalue weighted by Gasteiger charge is -2.34. The fourth-order valence-corrected chi connectivity index (χ4v) is 9.43. The van der Waals surface area contributed by atoms with Crippen molar-refractivity contribution >= 4 is 38.9 Å². The zero-order valence-electron chi connectivity index (χ0n) is 31.3. The zero-order chi connectivity index (χ0) is 37.8. The second kappa shape index (κ2) is 13.4. The lowest BCUT2D eigenvalue weighted by molar-refractivity contribution is 0.770. The minimum atomic E-state index is -0.452. The van der Waals surface area contributed by atoms with Crippen molar-refractivity contribution in [1.82, 2.24) is 4.57 Å². The number of fused-ring (bicyclic) bond motifs is 6. The summed E-state index contributed by atoms with van der Waals surface area (Å²) >= 11 is 0. The largest absolute Gasteiger partial charge is 0.310 e. The van der Waals surface area contributed by atoms with Crippen molar-refractivity contribution in [1.29, 1.82) is 0 Å². The van der Waals surface area contributed by atoms with Gasteiger partial charge in [-0.05, 0) is 111 Å². The fraction of sp³-hybridized carbons (Fsp3) is 0.0182. The van der Waals surface area contributed by atoms with E-state index in [1.807, 2.05) is 0 Å². The molecule has 0 spiro atoms. The highest BCUT2D eigenvalue weighted by Crippen LogP contribution is 2.56. The molecule has 0 radical (unpaired) electrons. The Bertz CT molecular complexity index is 3010. The molecule has 0 fully saturated rings. The molecule has 0 amide bonds. The molecule has 1 heterocycles. The van der Waals surface area contributed by atoms with Gasteiger partial charge in [0.05, 0.1) is 16.4 Å². The molecular formula is C55H38N2. The van der Waals surface area contributed by atoms with Crippen molar-refractivity contribution in [2.45, 2.75) is 5.41 Å². The molecule has 0 saturated heterocycles. The number of rotatable bonds is 7. The third-order valence-corrected chi connectivity index (χ3v) is 11.9. The first-order valence-corrected chi connectivity index (χ1v) is 19.7. The minimum Gasteiger partial charge on any atom is -0.310 e. The van der Waals surface area contributed by atoms with Crippen LogP contribution in [0.3, 0.4) is 0 Å². The number of hydrogen-bond acceptors (Lipinski definition) is 1. The third-order valence-electron chi connectivity index (χ3n) is 11.9. The summed E-state index contributed by atoms with van der Waals surface area (Å²) in [7, 11) is 0. The highest BCUT2D eigenvalue weighted by molar-refractivity contribution is 6.10. The number of para-hydroxylation sites is 2. The van der Waals surface area contributed by atoms with Gasteiger partial charge in [0.1, 0.15) is 0 Å². The predicted octanol–water partition coefficient (Wildman–Crippen LogP) is 14.3. The summed E-state index contributed by atoms with van der Waals surface area (Å²) in [5, 5.41) is 2.48. The lowest BCUT2D eigenvalue weighted by atomic mass is 9.67. The molecule has 1 aliphatic rings. The molecule has 11 rings (SSSR count). The van der Waals surface area contributed by atoms with E-state index in [0.29, 0.717) is 0 Å². The molecule has 0 unspecified atom stereocenters. The first kappa shape index (κ1) is 33.0. The van der Waals surface area contributed by atoms with Crippen molar-refractivity contribution in [2.24, 2.45) is 0 Å². The van der Waals surface area contributed by atoms with E-state index < -0.39 is 5.41 Å². The first-order valence-electron chi connectivity index (χ1n) is 19.7. The first-order chi connectivity index (χ1) is 28.3. The molecule has 2 heteroatoms. The Morgan fingerprint density at radius 3 is 1.60 bits per heavy atom. The van der Waals surface area contributed by atoms with E-state index in [1.54, 1.807) is 0 Å². The van der Waals surface area contributed by atoms with E-state index in [2.05, 4.69) is 240 Å². The van der Waals surface area contributed by atoms with E-state index in [1.165, 1.54) is 66.3 Å². The van der Waals surface area contributed by atoms with Gasteiger partial charge in [-0.1, -0.05) is 164 Å². The van der Waals surface area contributed by atoms with Crippen LogP contribution in [0.2, 0.25) is 0 Å². The van der Waals surface area contributed by atoms with Crippen molar-refractivity contribution in [3.8, 4) is 27.9 Å². The summed E-state index contributed by atoms with van der Waals surface area (Å²) in [4.78, 5) is 2.34. The number of hydrogen-bond donors (Lipinski definition) is 0. The summed E-state index contributed by atoms with van der Waals surface area (Å²) in [6.45, 7) is 0. The van der Waals surface area contributed by atoms with Crippen LogP contribution in [0.4, 0.5) is 17.1 Å². The molecule has 57 heavy (non-hydrogen) atoms. The van der Waals surface area contributed by atoms with Crippen LogP contribution in [0.25, 0.3) is 49.7 Å². The molecule has 1 aliphatic carbocycles.